The van der Waals surface area contributed by atoms with Crippen molar-refractivity contribution in [2.24, 2.45) is 0 Å². The Labute approximate surface area is 154 Å². The fraction of sp³-hybridized carbons (Fsp3) is 0.150. The van der Waals surface area contributed by atoms with Gasteiger partial charge in [0.05, 0.1) is 10.7 Å². The van der Waals surface area contributed by atoms with Crippen molar-refractivity contribution >= 4 is 28.7 Å². The van der Waals surface area contributed by atoms with Gasteiger partial charge >= 0.3 is 0 Å². The Morgan fingerprint density at radius 1 is 1.08 bits per heavy atom. The van der Waals surface area contributed by atoms with Crippen molar-refractivity contribution in [1.82, 2.24) is 4.98 Å². The van der Waals surface area contributed by atoms with Crippen LogP contribution in [-0.4, -0.2) is 16.7 Å². The van der Waals surface area contributed by atoms with Gasteiger partial charge in [0.25, 0.3) is 5.91 Å². The number of aromatic nitrogens is 1. The molecule has 132 valence electrons. The summed E-state index contributed by atoms with van der Waals surface area (Å²) in [6, 6.07) is 13.0. The van der Waals surface area contributed by atoms with E-state index in [9.17, 15) is 14.0 Å². The summed E-state index contributed by atoms with van der Waals surface area (Å²) in [5.74, 6) is -0.535. The molecule has 1 heterocycles. The maximum absolute atomic E-state index is 13.0. The van der Waals surface area contributed by atoms with Crippen LogP contribution in [0.25, 0.3) is 0 Å². The van der Waals surface area contributed by atoms with Gasteiger partial charge in [-0.3, -0.25) is 9.59 Å². The number of rotatable bonds is 5. The highest BCUT2D eigenvalue weighted by Crippen LogP contribution is 2.22. The molecule has 0 radical (unpaired) electrons. The number of hydrogen-bond donors (Lipinski definition) is 1. The lowest BCUT2D eigenvalue weighted by molar-refractivity contribution is 0.101. The molecule has 0 aliphatic carbocycles. The third-order valence-corrected chi connectivity index (χ3v) is 5.02. The largest absolute Gasteiger partial charge is 0.321 e. The van der Waals surface area contributed by atoms with Crippen molar-refractivity contribution in [2.45, 2.75) is 20.3 Å². The maximum Gasteiger partial charge on any atom is 0.267 e. The zero-order valence-corrected chi connectivity index (χ0v) is 15.2. The summed E-state index contributed by atoms with van der Waals surface area (Å²) in [6.07, 6.45) is 0.548. The van der Waals surface area contributed by atoms with Crippen LogP contribution >= 0.6 is 11.3 Å². The van der Waals surface area contributed by atoms with E-state index in [1.165, 1.54) is 30.4 Å². The summed E-state index contributed by atoms with van der Waals surface area (Å²) >= 11 is 1.32. The summed E-state index contributed by atoms with van der Waals surface area (Å²) in [5, 5.41) is 3.62. The fourth-order valence-corrected chi connectivity index (χ4v) is 3.49. The number of carbonyl (C=O) groups excluding carboxylic acids is 2. The Morgan fingerprint density at radius 2 is 1.73 bits per heavy atom. The van der Waals surface area contributed by atoms with Crippen LogP contribution < -0.4 is 5.32 Å². The fourth-order valence-electron chi connectivity index (χ4n) is 2.49. The van der Waals surface area contributed by atoms with Gasteiger partial charge in [0.15, 0.2) is 5.78 Å². The van der Waals surface area contributed by atoms with Crippen LogP contribution in [-0.2, 0) is 6.42 Å². The van der Waals surface area contributed by atoms with Crippen LogP contribution in [0, 0.1) is 12.7 Å². The van der Waals surface area contributed by atoms with Gasteiger partial charge in [0.1, 0.15) is 10.7 Å². The molecule has 0 spiro atoms. The lowest BCUT2D eigenvalue weighted by atomic mass is 10.1. The summed E-state index contributed by atoms with van der Waals surface area (Å²) in [5.41, 5.74) is 2.81. The second-order valence-electron chi connectivity index (χ2n) is 5.91. The Bertz CT molecular complexity index is 947. The molecule has 0 bridgehead atoms. The van der Waals surface area contributed by atoms with E-state index in [0.717, 1.165) is 10.6 Å². The number of thiazole rings is 1. The van der Waals surface area contributed by atoms with E-state index < -0.39 is 0 Å². The zero-order chi connectivity index (χ0) is 18.7. The van der Waals surface area contributed by atoms with Crippen molar-refractivity contribution in [2.75, 3.05) is 5.32 Å². The van der Waals surface area contributed by atoms with Gasteiger partial charge in [-0.1, -0.05) is 12.1 Å². The third-order valence-electron chi connectivity index (χ3n) is 3.87. The predicted molar refractivity (Wildman–Crippen MR) is 100 cm³/mol. The second kappa shape index (κ2) is 7.58. The van der Waals surface area contributed by atoms with Gasteiger partial charge < -0.3 is 5.32 Å². The summed E-state index contributed by atoms with van der Waals surface area (Å²) in [4.78, 5) is 28.8. The molecule has 4 nitrogen and oxygen atoms in total. The molecule has 1 aromatic heterocycles. The summed E-state index contributed by atoms with van der Waals surface area (Å²) in [6.45, 7) is 3.29. The summed E-state index contributed by atoms with van der Waals surface area (Å²) in [7, 11) is 0. The Hall–Kier alpha value is -2.86. The van der Waals surface area contributed by atoms with E-state index in [1.54, 1.807) is 43.3 Å². The molecule has 1 amide bonds. The normalized spacial score (nSPS) is 10.6. The van der Waals surface area contributed by atoms with Gasteiger partial charge in [-0.2, -0.15) is 0 Å². The van der Waals surface area contributed by atoms with Crippen molar-refractivity contribution in [1.29, 1.82) is 0 Å². The SMILES string of the molecule is CC(=O)c1ccc(NC(=O)c2sc(Cc3ccc(F)cc3)nc2C)cc1. The molecule has 0 aliphatic heterocycles. The maximum atomic E-state index is 13.0. The van der Waals surface area contributed by atoms with Crippen LogP contribution in [0.5, 0.6) is 0 Å². The Kier molecular flexibility index (Phi) is 5.23. The van der Waals surface area contributed by atoms with Crippen LogP contribution in [0.2, 0.25) is 0 Å². The number of nitrogens with zero attached hydrogens (tertiary/aromatic N) is 1. The number of nitrogens with one attached hydrogen (secondary N) is 1. The van der Waals surface area contributed by atoms with Crippen molar-refractivity contribution < 1.29 is 14.0 Å². The average Bonchev–Trinajstić information content (AvgIpc) is 2.98. The van der Waals surface area contributed by atoms with Crippen molar-refractivity contribution in [3.05, 3.63) is 81.1 Å². The first-order valence-electron chi connectivity index (χ1n) is 8.05. The van der Waals surface area contributed by atoms with Crippen LogP contribution in [0.1, 0.15) is 43.2 Å². The molecule has 0 saturated carbocycles. The standard InChI is InChI=1S/C20H17FN2O2S/c1-12-19(20(25)23-17-9-5-15(6-10-17)13(2)24)26-18(22-12)11-14-3-7-16(21)8-4-14/h3-10H,11H2,1-2H3,(H,23,25). The Balaban J connectivity index is 1.72. The monoisotopic (exact) mass is 368 g/mol. The second-order valence-corrected chi connectivity index (χ2v) is 7.00. The van der Waals surface area contributed by atoms with E-state index in [1.807, 2.05) is 0 Å². The minimum absolute atomic E-state index is 0.0217. The smallest absolute Gasteiger partial charge is 0.267 e. The van der Waals surface area contributed by atoms with Gasteiger partial charge in [0.2, 0.25) is 0 Å². The molecule has 3 aromatic rings. The Morgan fingerprint density at radius 3 is 2.35 bits per heavy atom. The molecule has 1 N–H and O–H groups in total. The highest BCUT2D eigenvalue weighted by molar-refractivity contribution is 7.14. The summed E-state index contributed by atoms with van der Waals surface area (Å²) < 4.78 is 13.0. The molecule has 0 fully saturated rings. The lowest BCUT2D eigenvalue weighted by Crippen LogP contribution is -2.11. The highest BCUT2D eigenvalue weighted by Gasteiger charge is 2.16. The molecule has 3 rings (SSSR count). The number of carbonyl (C=O) groups is 2. The number of Topliss-reactive ketones (excluding diaryl/α,β-unsaturated/α-hetero) is 1. The van der Waals surface area contributed by atoms with E-state index in [2.05, 4.69) is 10.3 Å². The van der Waals surface area contributed by atoms with Crippen LogP contribution in [0.4, 0.5) is 10.1 Å². The molecule has 0 saturated heterocycles. The van der Waals surface area contributed by atoms with E-state index in [4.69, 9.17) is 0 Å². The molecule has 0 unspecified atom stereocenters. The number of ketones is 1. The number of aryl methyl sites for hydroxylation is 1. The van der Waals surface area contributed by atoms with Gasteiger partial charge in [0, 0.05) is 17.7 Å². The van der Waals surface area contributed by atoms with E-state index in [0.29, 0.717) is 28.2 Å². The minimum atomic E-state index is -0.278. The van der Waals surface area contributed by atoms with E-state index >= 15 is 0 Å². The van der Waals surface area contributed by atoms with Crippen molar-refractivity contribution in [3.8, 4) is 0 Å². The highest BCUT2D eigenvalue weighted by atomic mass is 32.1. The third kappa shape index (κ3) is 4.21. The first-order valence-corrected chi connectivity index (χ1v) is 8.87. The topological polar surface area (TPSA) is 59.1 Å². The van der Waals surface area contributed by atoms with Crippen molar-refractivity contribution in [3.63, 3.8) is 0 Å². The van der Waals surface area contributed by atoms with Crippen LogP contribution in [0.15, 0.2) is 48.5 Å². The van der Waals surface area contributed by atoms with Gasteiger partial charge in [-0.25, -0.2) is 9.37 Å². The quantitative estimate of drug-likeness (QED) is 0.668. The first kappa shape index (κ1) is 17.9. The molecule has 6 heteroatoms. The van der Waals surface area contributed by atoms with E-state index in [-0.39, 0.29) is 17.5 Å². The van der Waals surface area contributed by atoms with Gasteiger partial charge in [-0.15, -0.1) is 11.3 Å². The molecule has 0 aliphatic rings. The number of halogens is 1. The minimum Gasteiger partial charge on any atom is -0.321 e. The zero-order valence-electron chi connectivity index (χ0n) is 14.4. The predicted octanol–water partition coefficient (Wildman–Crippen LogP) is 4.64. The molecule has 26 heavy (non-hydrogen) atoms. The first-order chi connectivity index (χ1) is 12.4. The molecular formula is C20H17FN2O2S. The van der Waals surface area contributed by atoms with Crippen LogP contribution in [0.3, 0.4) is 0 Å². The number of amides is 1. The average molecular weight is 368 g/mol. The molecular weight excluding hydrogens is 351 g/mol. The molecule has 2 aromatic carbocycles. The molecule has 0 atom stereocenters. The number of benzene rings is 2. The van der Waals surface area contributed by atoms with Gasteiger partial charge in [-0.05, 0) is 55.8 Å². The number of anilines is 1. The lowest BCUT2D eigenvalue weighted by Gasteiger charge is -2.04. The number of hydrogen-bond acceptors (Lipinski definition) is 4.